The van der Waals surface area contributed by atoms with Gasteiger partial charge in [0, 0.05) is 32.1 Å². The first kappa shape index (κ1) is 15.3. The van der Waals surface area contributed by atoms with Crippen LogP contribution in [-0.2, 0) is 9.59 Å². The van der Waals surface area contributed by atoms with E-state index in [1.54, 1.807) is 12.0 Å². The normalized spacial score (nSPS) is 18.2. The number of carbonyl (C=O) groups excluding carboxylic acids is 2. The number of amides is 2. The highest BCUT2D eigenvalue weighted by molar-refractivity contribution is 5.84. The predicted octanol–water partition coefficient (Wildman–Crippen LogP) is 0.304. The minimum absolute atomic E-state index is 0.0288. The first-order chi connectivity index (χ1) is 10.1. The summed E-state index contributed by atoms with van der Waals surface area (Å²) in [5.74, 6) is 0.485. The molecule has 0 radical (unpaired) electrons. The molecule has 21 heavy (non-hydrogen) atoms. The van der Waals surface area contributed by atoms with Gasteiger partial charge in [-0.3, -0.25) is 9.59 Å². The Balaban J connectivity index is 2.18. The minimum atomic E-state index is -0.202. The van der Waals surface area contributed by atoms with E-state index in [0.717, 1.165) is 17.9 Å². The van der Waals surface area contributed by atoms with Crippen molar-refractivity contribution in [3.05, 3.63) is 29.8 Å². The van der Waals surface area contributed by atoms with E-state index in [4.69, 9.17) is 4.74 Å². The molecule has 0 saturated carbocycles. The van der Waals surface area contributed by atoms with Gasteiger partial charge in [0.05, 0.1) is 19.7 Å². The molecule has 1 fully saturated rings. The Kier molecular flexibility index (Phi) is 5.16. The van der Waals surface area contributed by atoms with Gasteiger partial charge in [0.1, 0.15) is 5.75 Å². The van der Waals surface area contributed by atoms with Crippen molar-refractivity contribution in [3.63, 3.8) is 0 Å². The van der Waals surface area contributed by atoms with Crippen LogP contribution in [0.5, 0.6) is 5.75 Å². The van der Waals surface area contributed by atoms with Gasteiger partial charge in [-0.2, -0.15) is 0 Å². The molecule has 1 aliphatic rings. The van der Waals surface area contributed by atoms with Crippen LogP contribution >= 0.6 is 0 Å². The van der Waals surface area contributed by atoms with Crippen molar-refractivity contribution in [2.45, 2.75) is 13.0 Å². The molecule has 1 saturated heterocycles. The summed E-state index contributed by atoms with van der Waals surface area (Å²) >= 11 is 0. The highest BCUT2D eigenvalue weighted by Crippen LogP contribution is 2.30. The van der Waals surface area contributed by atoms with E-state index in [0.29, 0.717) is 13.1 Å². The summed E-state index contributed by atoms with van der Waals surface area (Å²) in [6.07, 6.45) is 0. The van der Waals surface area contributed by atoms with Crippen molar-refractivity contribution < 1.29 is 14.3 Å². The molecule has 1 heterocycles. The van der Waals surface area contributed by atoms with E-state index in [9.17, 15) is 9.59 Å². The molecular weight excluding hydrogens is 270 g/mol. The number of carbonyl (C=O) groups is 2. The molecule has 1 unspecified atom stereocenters. The van der Waals surface area contributed by atoms with Crippen molar-refractivity contribution in [3.8, 4) is 5.75 Å². The molecule has 2 rings (SSSR count). The van der Waals surface area contributed by atoms with Gasteiger partial charge in [0.25, 0.3) is 0 Å². The van der Waals surface area contributed by atoms with Crippen molar-refractivity contribution in [1.29, 1.82) is 0 Å². The van der Waals surface area contributed by atoms with Crippen LogP contribution in [0.25, 0.3) is 0 Å². The lowest BCUT2D eigenvalue weighted by atomic mass is 10.0. The number of hydrogen-bond acceptors (Lipinski definition) is 4. The van der Waals surface area contributed by atoms with Crippen molar-refractivity contribution in [2.75, 3.05) is 33.3 Å². The molecule has 6 nitrogen and oxygen atoms in total. The molecule has 114 valence electrons. The summed E-state index contributed by atoms with van der Waals surface area (Å²) in [5, 5.41) is 5.86. The molecule has 0 aromatic heterocycles. The molecule has 1 atom stereocenters. The van der Waals surface area contributed by atoms with Crippen molar-refractivity contribution >= 4 is 11.8 Å². The Morgan fingerprint density at radius 2 is 2.19 bits per heavy atom. The average Bonchev–Trinajstić information content (AvgIpc) is 2.52. The third-order valence-electron chi connectivity index (χ3n) is 3.55. The van der Waals surface area contributed by atoms with E-state index >= 15 is 0 Å². The second kappa shape index (κ2) is 7.08. The summed E-state index contributed by atoms with van der Waals surface area (Å²) < 4.78 is 5.39. The fraction of sp³-hybridized carbons (Fsp3) is 0.467. The molecule has 2 amide bonds. The molecule has 6 heteroatoms. The molecule has 1 aromatic carbocycles. The Morgan fingerprint density at radius 1 is 1.43 bits per heavy atom. The van der Waals surface area contributed by atoms with E-state index in [2.05, 4.69) is 10.6 Å². The Hall–Kier alpha value is -2.08. The lowest BCUT2D eigenvalue weighted by Gasteiger charge is -2.37. The van der Waals surface area contributed by atoms with E-state index in [-0.39, 0.29) is 24.4 Å². The number of nitrogens with zero attached hydrogens (tertiary/aromatic N) is 1. The van der Waals surface area contributed by atoms with Crippen molar-refractivity contribution in [1.82, 2.24) is 15.5 Å². The maximum atomic E-state index is 12.3. The monoisotopic (exact) mass is 291 g/mol. The molecule has 1 aliphatic heterocycles. The maximum Gasteiger partial charge on any atom is 0.242 e. The zero-order valence-corrected chi connectivity index (χ0v) is 12.4. The third kappa shape index (κ3) is 3.72. The van der Waals surface area contributed by atoms with Crippen molar-refractivity contribution in [2.24, 2.45) is 0 Å². The highest BCUT2D eigenvalue weighted by Gasteiger charge is 2.29. The first-order valence-electron chi connectivity index (χ1n) is 7.01. The molecule has 0 spiro atoms. The van der Waals surface area contributed by atoms with Crippen LogP contribution in [0.4, 0.5) is 0 Å². The Labute approximate surface area is 124 Å². The summed E-state index contributed by atoms with van der Waals surface area (Å²) in [4.78, 5) is 25.1. The molecule has 0 bridgehead atoms. The fourth-order valence-corrected chi connectivity index (χ4v) is 2.52. The number of methoxy groups -OCH3 is 1. The SMILES string of the molecule is COc1ccccc1C1CNCCN1C(=O)CNC(C)=O. The number of piperazine rings is 1. The van der Waals surface area contributed by atoms with Crippen LogP contribution in [0.2, 0.25) is 0 Å². The van der Waals surface area contributed by atoms with Crippen LogP contribution in [0, 0.1) is 0 Å². The topological polar surface area (TPSA) is 70.7 Å². The van der Waals surface area contributed by atoms with Crippen LogP contribution in [0.15, 0.2) is 24.3 Å². The number of para-hydroxylation sites is 1. The number of rotatable bonds is 4. The van der Waals surface area contributed by atoms with Gasteiger partial charge in [0.2, 0.25) is 11.8 Å². The number of nitrogens with one attached hydrogen (secondary N) is 2. The quantitative estimate of drug-likeness (QED) is 0.837. The van der Waals surface area contributed by atoms with Gasteiger partial charge >= 0.3 is 0 Å². The molecule has 1 aromatic rings. The average molecular weight is 291 g/mol. The smallest absolute Gasteiger partial charge is 0.242 e. The summed E-state index contributed by atoms with van der Waals surface area (Å²) in [7, 11) is 1.62. The van der Waals surface area contributed by atoms with Crippen LogP contribution in [0.3, 0.4) is 0 Å². The highest BCUT2D eigenvalue weighted by atomic mass is 16.5. The number of benzene rings is 1. The summed E-state index contributed by atoms with van der Waals surface area (Å²) in [5.41, 5.74) is 0.975. The molecule has 2 N–H and O–H groups in total. The van der Waals surface area contributed by atoms with Crippen LogP contribution in [-0.4, -0.2) is 50.0 Å². The number of hydrogen-bond donors (Lipinski definition) is 2. The van der Waals surface area contributed by atoms with E-state index in [1.165, 1.54) is 6.92 Å². The minimum Gasteiger partial charge on any atom is -0.496 e. The van der Waals surface area contributed by atoms with Gasteiger partial charge in [-0.25, -0.2) is 0 Å². The maximum absolute atomic E-state index is 12.3. The number of ether oxygens (including phenoxy) is 1. The summed E-state index contributed by atoms with van der Waals surface area (Å²) in [6, 6.07) is 7.61. The first-order valence-corrected chi connectivity index (χ1v) is 7.01. The van der Waals surface area contributed by atoms with Crippen LogP contribution < -0.4 is 15.4 Å². The fourth-order valence-electron chi connectivity index (χ4n) is 2.52. The molecular formula is C15H21N3O3. The second-order valence-corrected chi connectivity index (χ2v) is 4.96. The third-order valence-corrected chi connectivity index (χ3v) is 3.55. The van der Waals surface area contributed by atoms with Gasteiger partial charge in [-0.15, -0.1) is 0 Å². The zero-order valence-electron chi connectivity index (χ0n) is 12.4. The van der Waals surface area contributed by atoms with Gasteiger partial charge < -0.3 is 20.3 Å². The predicted molar refractivity (Wildman–Crippen MR) is 79.0 cm³/mol. The second-order valence-electron chi connectivity index (χ2n) is 4.96. The molecule has 0 aliphatic carbocycles. The standard InChI is InChI=1S/C15H21N3O3/c1-11(19)17-10-15(20)18-8-7-16-9-13(18)12-5-3-4-6-14(12)21-2/h3-6,13,16H,7-10H2,1-2H3,(H,17,19). The largest absolute Gasteiger partial charge is 0.496 e. The van der Waals surface area contributed by atoms with Gasteiger partial charge in [-0.1, -0.05) is 18.2 Å². The van der Waals surface area contributed by atoms with E-state index in [1.807, 2.05) is 24.3 Å². The lowest BCUT2D eigenvalue weighted by molar-refractivity contribution is -0.135. The Morgan fingerprint density at radius 3 is 2.90 bits per heavy atom. The zero-order chi connectivity index (χ0) is 15.2. The van der Waals surface area contributed by atoms with Gasteiger partial charge in [-0.05, 0) is 6.07 Å². The lowest BCUT2D eigenvalue weighted by Crippen LogP contribution is -2.51. The van der Waals surface area contributed by atoms with E-state index < -0.39 is 0 Å². The van der Waals surface area contributed by atoms with Gasteiger partial charge in [0.15, 0.2) is 0 Å². The summed E-state index contributed by atoms with van der Waals surface area (Å²) in [6.45, 7) is 3.47. The van der Waals surface area contributed by atoms with Crippen LogP contribution in [0.1, 0.15) is 18.5 Å². The Bertz CT molecular complexity index is 519.